The molecule has 10 nitrogen and oxygen atoms in total. The molecule has 0 aliphatic carbocycles. The second-order valence-corrected chi connectivity index (χ2v) is 6.51. The number of fused-ring (bicyclic) bond motifs is 2. The Hall–Kier alpha value is -4.34. The molecule has 0 radical (unpaired) electrons. The first-order chi connectivity index (χ1) is 15.3. The molecule has 154 valence electrons. The smallest absolute Gasteiger partial charge is 0.257 e. The van der Waals surface area contributed by atoms with Gasteiger partial charge in [0, 0.05) is 11.6 Å². The van der Waals surface area contributed by atoms with Crippen molar-refractivity contribution in [2.75, 3.05) is 14.2 Å². The molecule has 0 saturated heterocycles. The number of ether oxygens (including phenoxy) is 3. The molecule has 0 N–H and O–H groups in total. The summed E-state index contributed by atoms with van der Waals surface area (Å²) in [6.07, 6.45) is 1.40. The molecule has 0 fully saturated rings. The minimum Gasteiger partial charge on any atom is -0.491 e. The minimum atomic E-state index is 0.0918. The van der Waals surface area contributed by atoms with E-state index in [1.165, 1.54) is 20.5 Å². The van der Waals surface area contributed by atoms with Crippen LogP contribution in [0.5, 0.6) is 17.5 Å². The lowest BCUT2D eigenvalue weighted by molar-refractivity contribution is 0.283. The van der Waals surface area contributed by atoms with E-state index in [9.17, 15) is 0 Å². The third kappa shape index (κ3) is 3.44. The van der Waals surface area contributed by atoms with E-state index < -0.39 is 0 Å². The van der Waals surface area contributed by atoms with Gasteiger partial charge in [-0.05, 0) is 12.1 Å². The van der Waals surface area contributed by atoms with E-state index in [4.69, 9.17) is 14.2 Å². The first-order valence-corrected chi connectivity index (χ1v) is 9.40. The van der Waals surface area contributed by atoms with Gasteiger partial charge in [0.15, 0.2) is 29.3 Å². The van der Waals surface area contributed by atoms with Crippen LogP contribution in [-0.2, 0) is 6.61 Å². The largest absolute Gasteiger partial charge is 0.491 e. The van der Waals surface area contributed by atoms with Crippen molar-refractivity contribution >= 4 is 16.7 Å². The van der Waals surface area contributed by atoms with E-state index in [-0.39, 0.29) is 6.61 Å². The Morgan fingerprint density at radius 1 is 0.903 bits per heavy atom. The summed E-state index contributed by atoms with van der Waals surface area (Å²) in [5, 5.41) is 13.0. The maximum Gasteiger partial charge on any atom is 0.257 e. The highest BCUT2D eigenvalue weighted by Gasteiger charge is 2.15. The van der Waals surface area contributed by atoms with E-state index in [1.54, 1.807) is 10.6 Å². The summed E-state index contributed by atoms with van der Waals surface area (Å²) in [6, 6.07) is 15.4. The fraction of sp³-hybridized carbons (Fsp3) is 0.143. The molecule has 0 atom stereocenters. The Kier molecular flexibility index (Phi) is 4.71. The van der Waals surface area contributed by atoms with Crippen molar-refractivity contribution in [1.29, 1.82) is 0 Å². The van der Waals surface area contributed by atoms with Crippen LogP contribution in [0.3, 0.4) is 0 Å². The van der Waals surface area contributed by atoms with Gasteiger partial charge in [-0.3, -0.25) is 0 Å². The van der Waals surface area contributed by atoms with Crippen molar-refractivity contribution in [2.24, 2.45) is 0 Å². The summed E-state index contributed by atoms with van der Waals surface area (Å²) in [6.45, 7) is 0.0918. The molecular formula is C21H17N7O3. The molecule has 5 aromatic rings. The van der Waals surface area contributed by atoms with Gasteiger partial charge in [-0.25, -0.2) is 9.97 Å². The fourth-order valence-electron chi connectivity index (χ4n) is 3.15. The molecule has 0 spiro atoms. The number of benzene rings is 1. The predicted octanol–water partition coefficient (Wildman–Crippen LogP) is 2.73. The SMILES string of the molecule is COc1cc2ncnc(OCc3nnc4ccc(-c5ccccc5)nn34)c2nc1OC. The zero-order valence-electron chi connectivity index (χ0n) is 16.8. The van der Waals surface area contributed by atoms with E-state index in [0.717, 1.165) is 11.3 Å². The molecule has 4 aromatic heterocycles. The van der Waals surface area contributed by atoms with Crippen molar-refractivity contribution in [1.82, 2.24) is 34.8 Å². The average molecular weight is 415 g/mol. The second kappa shape index (κ2) is 7.82. The summed E-state index contributed by atoms with van der Waals surface area (Å²) in [4.78, 5) is 12.9. The molecule has 0 saturated carbocycles. The van der Waals surface area contributed by atoms with Gasteiger partial charge in [0.1, 0.15) is 11.8 Å². The van der Waals surface area contributed by atoms with Crippen molar-refractivity contribution in [3.05, 3.63) is 60.7 Å². The summed E-state index contributed by atoms with van der Waals surface area (Å²) in [5.74, 6) is 1.61. The van der Waals surface area contributed by atoms with Gasteiger partial charge in [-0.1, -0.05) is 30.3 Å². The first kappa shape index (κ1) is 18.7. The molecule has 0 bridgehead atoms. The molecule has 0 amide bonds. The number of pyridine rings is 1. The Labute approximate surface area is 176 Å². The molecule has 5 rings (SSSR count). The summed E-state index contributed by atoms with van der Waals surface area (Å²) in [7, 11) is 3.05. The lowest BCUT2D eigenvalue weighted by atomic mass is 10.1. The standard InChI is InChI=1S/C21H17N7O3/c1-29-16-10-15-19(24-20(16)30-2)21(23-12-22-15)31-11-18-26-25-17-9-8-14(27-28(17)18)13-6-4-3-5-7-13/h3-10,12H,11H2,1-2H3. The zero-order chi connectivity index (χ0) is 21.2. The molecule has 1 aromatic carbocycles. The predicted molar refractivity (Wildman–Crippen MR) is 111 cm³/mol. The number of methoxy groups -OCH3 is 2. The molecule has 0 unspecified atom stereocenters. The van der Waals surface area contributed by atoms with E-state index in [0.29, 0.717) is 40.0 Å². The van der Waals surface area contributed by atoms with E-state index in [2.05, 4.69) is 30.2 Å². The van der Waals surface area contributed by atoms with Crippen LogP contribution in [0.25, 0.3) is 27.9 Å². The second-order valence-electron chi connectivity index (χ2n) is 6.51. The number of rotatable bonds is 6. The van der Waals surface area contributed by atoms with Gasteiger partial charge in [0.2, 0.25) is 5.88 Å². The minimum absolute atomic E-state index is 0.0918. The van der Waals surface area contributed by atoms with Gasteiger partial charge in [0.25, 0.3) is 5.88 Å². The number of nitrogens with zero attached hydrogens (tertiary/aromatic N) is 7. The van der Waals surface area contributed by atoms with Crippen LogP contribution < -0.4 is 14.2 Å². The van der Waals surface area contributed by atoms with Crippen LogP contribution >= 0.6 is 0 Å². The van der Waals surface area contributed by atoms with Crippen LogP contribution in [0.1, 0.15) is 5.82 Å². The van der Waals surface area contributed by atoms with Gasteiger partial charge in [0.05, 0.1) is 19.9 Å². The average Bonchev–Trinajstić information content (AvgIpc) is 3.24. The summed E-state index contributed by atoms with van der Waals surface area (Å²) < 4.78 is 18.1. The first-order valence-electron chi connectivity index (χ1n) is 9.40. The fourth-order valence-corrected chi connectivity index (χ4v) is 3.15. The van der Waals surface area contributed by atoms with Crippen molar-refractivity contribution in [3.63, 3.8) is 0 Å². The molecule has 0 aliphatic rings. The molecular weight excluding hydrogens is 398 g/mol. The van der Waals surface area contributed by atoms with E-state index in [1.807, 2.05) is 42.5 Å². The lowest BCUT2D eigenvalue weighted by Crippen LogP contribution is -2.06. The molecule has 10 heteroatoms. The van der Waals surface area contributed by atoms with Crippen LogP contribution in [0.4, 0.5) is 0 Å². The third-order valence-corrected chi connectivity index (χ3v) is 4.66. The lowest BCUT2D eigenvalue weighted by Gasteiger charge is -2.10. The highest BCUT2D eigenvalue weighted by Crippen LogP contribution is 2.31. The highest BCUT2D eigenvalue weighted by atomic mass is 16.5. The van der Waals surface area contributed by atoms with E-state index >= 15 is 0 Å². The third-order valence-electron chi connectivity index (χ3n) is 4.66. The quantitative estimate of drug-likeness (QED) is 0.413. The van der Waals surface area contributed by atoms with Crippen LogP contribution in [0.2, 0.25) is 0 Å². The highest BCUT2D eigenvalue weighted by molar-refractivity contribution is 5.81. The number of hydrogen-bond donors (Lipinski definition) is 0. The van der Waals surface area contributed by atoms with Gasteiger partial charge < -0.3 is 14.2 Å². The molecule has 31 heavy (non-hydrogen) atoms. The maximum absolute atomic E-state index is 5.92. The molecule has 0 aliphatic heterocycles. The van der Waals surface area contributed by atoms with Crippen molar-refractivity contribution < 1.29 is 14.2 Å². The van der Waals surface area contributed by atoms with Crippen LogP contribution in [0, 0.1) is 0 Å². The Balaban J connectivity index is 1.48. The van der Waals surface area contributed by atoms with Crippen molar-refractivity contribution in [3.8, 4) is 28.8 Å². The van der Waals surface area contributed by atoms with Crippen LogP contribution in [0.15, 0.2) is 54.9 Å². The summed E-state index contributed by atoms with van der Waals surface area (Å²) in [5.41, 5.74) is 3.44. The molecule has 4 heterocycles. The normalized spacial score (nSPS) is 11.0. The Bertz CT molecular complexity index is 1370. The van der Waals surface area contributed by atoms with Gasteiger partial charge >= 0.3 is 0 Å². The number of hydrogen-bond acceptors (Lipinski definition) is 9. The topological polar surface area (TPSA) is 109 Å². The van der Waals surface area contributed by atoms with Crippen LogP contribution in [-0.4, -0.2) is 49.0 Å². The maximum atomic E-state index is 5.92. The van der Waals surface area contributed by atoms with Gasteiger partial charge in [-0.15, -0.1) is 10.2 Å². The monoisotopic (exact) mass is 415 g/mol. The summed E-state index contributed by atoms with van der Waals surface area (Å²) >= 11 is 0. The van der Waals surface area contributed by atoms with Crippen molar-refractivity contribution in [2.45, 2.75) is 6.61 Å². The van der Waals surface area contributed by atoms with Gasteiger partial charge in [-0.2, -0.15) is 14.6 Å². The Morgan fingerprint density at radius 2 is 1.77 bits per heavy atom. The Morgan fingerprint density at radius 3 is 2.58 bits per heavy atom. The number of aromatic nitrogens is 7. The zero-order valence-corrected chi connectivity index (χ0v) is 16.8.